The van der Waals surface area contributed by atoms with Crippen LogP contribution in [0.15, 0.2) is 12.3 Å². The maximum atomic E-state index is 11.4. The minimum Gasteiger partial charge on any atom is -0.355 e. The number of H-pyrrole nitrogens is 1. The Morgan fingerprint density at radius 1 is 1.67 bits per heavy atom. The SMILES string of the molecule is CC1(c2cc[nH]n2)CCNC1=O. The van der Waals surface area contributed by atoms with Crippen molar-refractivity contribution in [1.82, 2.24) is 15.5 Å². The molecule has 0 bridgehead atoms. The Hall–Kier alpha value is -1.32. The lowest BCUT2D eigenvalue weighted by molar-refractivity contribution is -0.123. The van der Waals surface area contributed by atoms with Crippen LogP contribution in [0.1, 0.15) is 19.0 Å². The van der Waals surface area contributed by atoms with Crippen LogP contribution in [0.5, 0.6) is 0 Å². The molecule has 2 rings (SSSR count). The molecule has 2 N–H and O–H groups in total. The monoisotopic (exact) mass is 165 g/mol. The quantitative estimate of drug-likeness (QED) is 0.624. The molecule has 1 aliphatic heterocycles. The van der Waals surface area contributed by atoms with Gasteiger partial charge in [0.15, 0.2) is 0 Å². The fraction of sp³-hybridized carbons (Fsp3) is 0.500. The summed E-state index contributed by atoms with van der Waals surface area (Å²) in [6, 6.07) is 1.85. The second-order valence-corrected chi connectivity index (χ2v) is 3.30. The van der Waals surface area contributed by atoms with Crippen LogP contribution in [-0.2, 0) is 10.2 Å². The molecular weight excluding hydrogens is 154 g/mol. The zero-order valence-electron chi connectivity index (χ0n) is 6.92. The molecule has 0 spiro atoms. The van der Waals surface area contributed by atoms with Gasteiger partial charge >= 0.3 is 0 Å². The molecule has 4 nitrogen and oxygen atoms in total. The maximum Gasteiger partial charge on any atom is 0.232 e. The molecule has 1 unspecified atom stereocenters. The number of aromatic nitrogens is 2. The van der Waals surface area contributed by atoms with Crippen molar-refractivity contribution in [2.75, 3.05) is 6.54 Å². The van der Waals surface area contributed by atoms with Gasteiger partial charge in [-0.25, -0.2) is 0 Å². The molecule has 1 aromatic heterocycles. The van der Waals surface area contributed by atoms with Gasteiger partial charge in [-0.05, 0) is 19.4 Å². The van der Waals surface area contributed by atoms with E-state index in [4.69, 9.17) is 0 Å². The molecule has 0 aliphatic carbocycles. The first kappa shape index (κ1) is 7.34. The van der Waals surface area contributed by atoms with Crippen molar-refractivity contribution in [3.63, 3.8) is 0 Å². The smallest absolute Gasteiger partial charge is 0.232 e. The molecule has 2 heterocycles. The van der Waals surface area contributed by atoms with Gasteiger partial charge in [-0.15, -0.1) is 0 Å². The fourth-order valence-electron chi connectivity index (χ4n) is 1.55. The highest BCUT2D eigenvalue weighted by Crippen LogP contribution is 2.28. The Morgan fingerprint density at radius 2 is 2.50 bits per heavy atom. The average Bonchev–Trinajstić information content (AvgIpc) is 2.62. The molecule has 4 heteroatoms. The molecule has 12 heavy (non-hydrogen) atoms. The van der Waals surface area contributed by atoms with Crippen LogP contribution >= 0.6 is 0 Å². The number of nitrogens with one attached hydrogen (secondary N) is 2. The number of nitrogens with zero attached hydrogens (tertiary/aromatic N) is 1. The lowest BCUT2D eigenvalue weighted by Gasteiger charge is -2.16. The van der Waals surface area contributed by atoms with E-state index in [1.807, 2.05) is 13.0 Å². The van der Waals surface area contributed by atoms with Crippen molar-refractivity contribution >= 4 is 5.91 Å². The van der Waals surface area contributed by atoms with Crippen molar-refractivity contribution in [3.8, 4) is 0 Å². The molecule has 1 fully saturated rings. The highest BCUT2D eigenvalue weighted by Gasteiger charge is 2.40. The molecule has 1 saturated heterocycles. The van der Waals surface area contributed by atoms with Crippen molar-refractivity contribution in [2.45, 2.75) is 18.8 Å². The van der Waals surface area contributed by atoms with Gasteiger partial charge < -0.3 is 5.32 Å². The predicted molar refractivity (Wildman–Crippen MR) is 43.6 cm³/mol. The van der Waals surface area contributed by atoms with Gasteiger partial charge in [0.1, 0.15) is 0 Å². The Kier molecular flexibility index (Phi) is 1.43. The normalized spacial score (nSPS) is 28.9. The first-order chi connectivity index (χ1) is 5.73. The van der Waals surface area contributed by atoms with Crippen LogP contribution in [0.2, 0.25) is 0 Å². The first-order valence-corrected chi connectivity index (χ1v) is 4.02. The van der Waals surface area contributed by atoms with Gasteiger partial charge in [0.25, 0.3) is 0 Å². The summed E-state index contributed by atoms with van der Waals surface area (Å²) in [7, 11) is 0. The van der Waals surface area contributed by atoms with Crippen LogP contribution in [0.25, 0.3) is 0 Å². The van der Waals surface area contributed by atoms with E-state index in [-0.39, 0.29) is 5.91 Å². The minimum atomic E-state index is -0.417. The summed E-state index contributed by atoms with van der Waals surface area (Å²) in [5.41, 5.74) is 0.414. The topological polar surface area (TPSA) is 57.8 Å². The first-order valence-electron chi connectivity index (χ1n) is 4.02. The highest BCUT2D eigenvalue weighted by atomic mass is 16.2. The van der Waals surface area contributed by atoms with Crippen LogP contribution in [-0.4, -0.2) is 22.6 Å². The van der Waals surface area contributed by atoms with Gasteiger partial charge in [0, 0.05) is 12.7 Å². The number of rotatable bonds is 1. The van der Waals surface area contributed by atoms with E-state index in [0.29, 0.717) is 0 Å². The van der Waals surface area contributed by atoms with Gasteiger partial charge in [0.05, 0.1) is 11.1 Å². The van der Waals surface area contributed by atoms with Crippen molar-refractivity contribution in [3.05, 3.63) is 18.0 Å². The summed E-state index contributed by atoms with van der Waals surface area (Å²) in [4.78, 5) is 11.4. The Balaban J connectivity index is 2.38. The lowest BCUT2D eigenvalue weighted by Crippen LogP contribution is -2.32. The maximum absolute atomic E-state index is 11.4. The minimum absolute atomic E-state index is 0.0783. The van der Waals surface area contributed by atoms with Crippen LogP contribution in [0.3, 0.4) is 0 Å². The summed E-state index contributed by atoms with van der Waals surface area (Å²) in [6.07, 6.45) is 2.57. The van der Waals surface area contributed by atoms with Crippen molar-refractivity contribution in [2.24, 2.45) is 0 Å². The van der Waals surface area contributed by atoms with Gasteiger partial charge in [0.2, 0.25) is 5.91 Å². The number of aromatic amines is 1. The summed E-state index contributed by atoms with van der Waals surface area (Å²) in [6.45, 7) is 2.67. The molecule has 1 aromatic rings. The van der Waals surface area contributed by atoms with E-state index in [0.717, 1.165) is 18.7 Å². The third-order valence-electron chi connectivity index (χ3n) is 2.48. The highest BCUT2D eigenvalue weighted by molar-refractivity contribution is 5.89. The molecule has 1 amide bonds. The second-order valence-electron chi connectivity index (χ2n) is 3.30. The number of hydrogen-bond acceptors (Lipinski definition) is 2. The second kappa shape index (κ2) is 2.33. The Labute approximate surface area is 70.4 Å². The fourth-order valence-corrected chi connectivity index (χ4v) is 1.55. The van der Waals surface area contributed by atoms with Crippen molar-refractivity contribution < 1.29 is 4.79 Å². The molecule has 1 atom stereocenters. The predicted octanol–water partition coefficient (Wildman–Crippen LogP) is 0.187. The van der Waals surface area contributed by atoms with E-state index in [2.05, 4.69) is 15.5 Å². The van der Waals surface area contributed by atoms with E-state index >= 15 is 0 Å². The van der Waals surface area contributed by atoms with E-state index in [1.165, 1.54) is 0 Å². The summed E-state index contributed by atoms with van der Waals surface area (Å²) < 4.78 is 0. The molecule has 1 aliphatic rings. The van der Waals surface area contributed by atoms with Crippen LogP contribution < -0.4 is 5.32 Å². The van der Waals surface area contributed by atoms with Gasteiger partial charge in [-0.1, -0.05) is 0 Å². The number of hydrogen-bond donors (Lipinski definition) is 2. The standard InChI is InChI=1S/C8H11N3O/c1-8(3-5-9-7(8)12)6-2-4-10-11-6/h2,4H,3,5H2,1H3,(H,9,12)(H,10,11). The Morgan fingerprint density at radius 3 is 3.00 bits per heavy atom. The zero-order chi connectivity index (χ0) is 8.60. The van der Waals surface area contributed by atoms with E-state index in [1.54, 1.807) is 6.20 Å². The number of carbonyl (C=O) groups is 1. The largest absolute Gasteiger partial charge is 0.355 e. The van der Waals surface area contributed by atoms with E-state index < -0.39 is 5.41 Å². The number of amides is 1. The number of carbonyl (C=O) groups excluding carboxylic acids is 1. The zero-order valence-corrected chi connectivity index (χ0v) is 6.92. The van der Waals surface area contributed by atoms with Crippen LogP contribution in [0.4, 0.5) is 0 Å². The van der Waals surface area contributed by atoms with Crippen molar-refractivity contribution in [1.29, 1.82) is 0 Å². The molecular formula is C8H11N3O. The summed E-state index contributed by atoms with van der Waals surface area (Å²) >= 11 is 0. The Bertz CT molecular complexity index is 293. The third kappa shape index (κ3) is 0.841. The summed E-state index contributed by atoms with van der Waals surface area (Å²) in [5, 5.41) is 9.56. The lowest BCUT2D eigenvalue weighted by atomic mass is 9.85. The average molecular weight is 165 g/mol. The molecule has 0 saturated carbocycles. The molecule has 0 aromatic carbocycles. The summed E-state index contributed by atoms with van der Waals surface area (Å²) in [5.74, 6) is 0.0783. The molecule has 0 radical (unpaired) electrons. The van der Waals surface area contributed by atoms with Crippen LogP contribution in [0, 0.1) is 0 Å². The third-order valence-corrected chi connectivity index (χ3v) is 2.48. The van der Waals surface area contributed by atoms with E-state index in [9.17, 15) is 4.79 Å². The van der Waals surface area contributed by atoms with Gasteiger partial charge in [-0.3, -0.25) is 9.89 Å². The molecule has 64 valence electrons. The van der Waals surface area contributed by atoms with Gasteiger partial charge in [-0.2, -0.15) is 5.10 Å².